The van der Waals surface area contributed by atoms with Crippen molar-refractivity contribution >= 4 is 22.4 Å². The highest BCUT2D eigenvalue weighted by Gasteiger charge is 2.31. The minimum absolute atomic E-state index is 0. The van der Waals surface area contributed by atoms with E-state index in [9.17, 15) is 8.42 Å². The zero-order valence-corrected chi connectivity index (χ0v) is 15.0. The number of hydrogen-bond donors (Lipinski definition) is 1. The Morgan fingerprint density at radius 3 is 2.43 bits per heavy atom. The smallest absolute Gasteiger partial charge is 0.243 e. The summed E-state index contributed by atoms with van der Waals surface area (Å²) >= 11 is 0. The first-order valence-electron chi connectivity index (χ1n) is 7.57. The second-order valence-corrected chi connectivity index (χ2v) is 7.78. The number of fused-ring (bicyclic) bond motifs is 1. The topological polar surface area (TPSA) is 67.9 Å². The van der Waals surface area contributed by atoms with Gasteiger partial charge in [0.1, 0.15) is 0 Å². The third-order valence-electron chi connectivity index (χ3n) is 4.35. The molecule has 0 radical (unpaired) electrons. The number of nitrogens with one attached hydrogen (secondary N) is 1. The Balaban J connectivity index is 0.00000192. The third kappa shape index (κ3) is 3.57. The van der Waals surface area contributed by atoms with E-state index in [2.05, 4.69) is 5.32 Å². The minimum Gasteiger partial charge on any atom is -0.454 e. The molecule has 2 heterocycles. The van der Waals surface area contributed by atoms with Gasteiger partial charge in [-0.2, -0.15) is 4.31 Å². The standard InChI is InChI=1S/C15H22N2O4S.ClH/c1-11-7-13-14(21-10-20-13)8-15(11)22(18,19)17-5-3-12(4-6-17)9-16-2;/h7-8,12,16H,3-6,9-10H2,1-2H3;1H. The molecule has 3 rings (SSSR count). The van der Waals surface area contributed by atoms with Crippen molar-refractivity contribution in [1.82, 2.24) is 9.62 Å². The summed E-state index contributed by atoms with van der Waals surface area (Å²) < 4.78 is 38.0. The number of piperidine rings is 1. The van der Waals surface area contributed by atoms with Crippen molar-refractivity contribution < 1.29 is 17.9 Å². The summed E-state index contributed by atoms with van der Waals surface area (Å²) in [5.74, 6) is 1.67. The SMILES string of the molecule is CNCC1CCN(S(=O)(=O)c2cc3c(cc2C)OCO3)CC1.Cl. The average Bonchev–Trinajstić information content (AvgIpc) is 2.94. The van der Waals surface area contributed by atoms with Crippen LogP contribution in [0.3, 0.4) is 0 Å². The van der Waals surface area contributed by atoms with Gasteiger partial charge >= 0.3 is 0 Å². The Morgan fingerprint density at radius 2 is 1.83 bits per heavy atom. The van der Waals surface area contributed by atoms with Crippen molar-refractivity contribution in [3.05, 3.63) is 17.7 Å². The fourth-order valence-electron chi connectivity index (χ4n) is 3.08. The summed E-state index contributed by atoms with van der Waals surface area (Å²) in [7, 11) is -1.55. The summed E-state index contributed by atoms with van der Waals surface area (Å²) in [6.45, 7) is 4.03. The Bertz CT molecular complexity index is 658. The van der Waals surface area contributed by atoms with E-state index in [-0.39, 0.29) is 19.2 Å². The van der Waals surface area contributed by atoms with Gasteiger partial charge in [0.25, 0.3) is 0 Å². The Labute approximate surface area is 143 Å². The van der Waals surface area contributed by atoms with Crippen LogP contribution >= 0.6 is 12.4 Å². The van der Waals surface area contributed by atoms with Gasteiger partial charge in [-0.05, 0) is 50.9 Å². The first-order valence-corrected chi connectivity index (χ1v) is 9.01. The van der Waals surface area contributed by atoms with Crippen LogP contribution in [0.5, 0.6) is 11.5 Å². The summed E-state index contributed by atoms with van der Waals surface area (Å²) in [6.07, 6.45) is 1.79. The lowest BCUT2D eigenvalue weighted by atomic mass is 9.98. The minimum atomic E-state index is -3.48. The predicted molar refractivity (Wildman–Crippen MR) is 90.0 cm³/mol. The molecule has 0 unspecified atom stereocenters. The maximum atomic E-state index is 12.9. The van der Waals surface area contributed by atoms with E-state index < -0.39 is 10.0 Å². The van der Waals surface area contributed by atoms with Gasteiger partial charge in [0.15, 0.2) is 11.5 Å². The van der Waals surface area contributed by atoms with E-state index in [1.165, 1.54) is 0 Å². The van der Waals surface area contributed by atoms with Crippen LogP contribution in [-0.2, 0) is 10.0 Å². The van der Waals surface area contributed by atoms with Crippen molar-refractivity contribution in [3.8, 4) is 11.5 Å². The molecule has 0 spiro atoms. The second-order valence-electron chi connectivity index (χ2n) is 5.88. The number of aryl methyl sites for hydroxylation is 1. The molecule has 1 aromatic carbocycles. The number of ether oxygens (including phenoxy) is 2. The molecule has 2 aliphatic rings. The van der Waals surface area contributed by atoms with Crippen molar-refractivity contribution in [2.75, 3.05) is 33.5 Å². The quantitative estimate of drug-likeness (QED) is 0.884. The molecular weight excluding hydrogens is 340 g/mol. The van der Waals surface area contributed by atoms with Crippen molar-refractivity contribution in [2.24, 2.45) is 5.92 Å². The molecule has 1 aromatic rings. The third-order valence-corrected chi connectivity index (χ3v) is 6.39. The van der Waals surface area contributed by atoms with E-state index in [1.54, 1.807) is 23.4 Å². The molecule has 2 aliphatic heterocycles. The van der Waals surface area contributed by atoms with Gasteiger partial charge in [-0.25, -0.2) is 8.42 Å². The van der Waals surface area contributed by atoms with Gasteiger partial charge in [-0.1, -0.05) is 0 Å². The molecule has 6 nitrogen and oxygen atoms in total. The summed E-state index contributed by atoms with van der Waals surface area (Å²) in [5.41, 5.74) is 0.696. The summed E-state index contributed by atoms with van der Waals surface area (Å²) in [5, 5.41) is 3.16. The highest BCUT2D eigenvalue weighted by molar-refractivity contribution is 7.89. The van der Waals surface area contributed by atoms with Gasteiger partial charge < -0.3 is 14.8 Å². The van der Waals surface area contributed by atoms with Crippen LogP contribution < -0.4 is 14.8 Å². The maximum Gasteiger partial charge on any atom is 0.243 e. The molecule has 0 aliphatic carbocycles. The number of nitrogens with zero attached hydrogens (tertiary/aromatic N) is 1. The number of hydrogen-bond acceptors (Lipinski definition) is 5. The van der Waals surface area contributed by atoms with Crippen molar-refractivity contribution in [3.63, 3.8) is 0 Å². The molecule has 1 saturated heterocycles. The van der Waals surface area contributed by atoms with Crippen LogP contribution in [0.25, 0.3) is 0 Å². The zero-order chi connectivity index (χ0) is 15.7. The van der Waals surface area contributed by atoms with Crippen molar-refractivity contribution in [2.45, 2.75) is 24.7 Å². The van der Waals surface area contributed by atoms with Crippen LogP contribution in [0.1, 0.15) is 18.4 Å². The fourth-order valence-corrected chi connectivity index (χ4v) is 4.78. The van der Waals surface area contributed by atoms with E-state index >= 15 is 0 Å². The van der Waals surface area contributed by atoms with Gasteiger partial charge in [0.2, 0.25) is 16.8 Å². The fraction of sp³-hybridized carbons (Fsp3) is 0.600. The second kappa shape index (κ2) is 7.25. The number of rotatable bonds is 4. The summed E-state index contributed by atoms with van der Waals surface area (Å²) in [6, 6.07) is 3.33. The predicted octanol–water partition coefficient (Wildman–Crippen LogP) is 1.77. The normalized spacial score (nSPS) is 18.7. The van der Waals surface area contributed by atoms with Crippen LogP contribution in [0.15, 0.2) is 17.0 Å². The highest BCUT2D eigenvalue weighted by Crippen LogP contribution is 2.37. The maximum absolute atomic E-state index is 12.9. The lowest BCUT2D eigenvalue weighted by Gasteiger charge is -2.31. The Morgan fingerprint density at radius 1 is 1.22 bits per heavy atom. The van der Waals surface area contributed by atoms with E-state index in [0.29, 0.717) is 41.0 Å². The van der Waals surface area contributed by atoms with Gasteiger partial charge in [0.05, 0.1) is 4.90 Å². The molecular formula is C15H23ClN2O4S. The largest absolute Gasteiger partial charge is 0.454 e. The average molecular weight is 363 g/mol. The number of benzene rings is 1. The first kappa shape index (κ1) is 18.3. The van der Waals surface area contributed by atoms with Gasteiger partial charge in [0, 0.05) is 19.2 Å². The lowest BCUT2D eigenvalue weighted by molar-refractivity contribution is 0.174. The Hall–Kier alpha value is -1.02. The molecule has 130 valence electrons. The van der Waals surface area contributed by atoms with Crippen LogP contribution in [0.2, 0.25) is 0 Å². The molecule has 1 fully saturated rings. The highest BCUT2D eigenvalue weighted by atomic mass is 35.5. The molecule has 8 heteroatoms. The van der Waals surface area contributed by atoms with Crippen LogP contribution in [-0.4, -0.2) is 46.2 Å². The number of halogens is 1. The zero-order valence-electron chi connectivity index (χ0n) is 13.4. The first-order chi connectivity index (χ1) is 10.5. The summed E-state index contributed by atoms with van der Waals surface area (Å²) in [4.78, 5) is 0.323. The molecule has 0 bridgehead atoms. The van der Waals surface area contributed by atoms with E-state index in [4.69, 9.17) is 9.47 Å². The molecule has 23 heavy (non-hydrogen) atoms. The lowest BCUT2D eigenvalue weighted by Crippen LogP contribution is -2.40. The van der Waals surface area contributed by atoms with Crippen LogP contribution in [0.4, 0.5) is 0 Å². The van der Waals surface area contributed by atoms with E-state index in [0.717, 1.165) is 19.4 Å². The number of sulfonamides is 1. The Kier molecular flexibility index (Phi) is 5.78. The van der Waals surface area contributed by atoms with E-state index in [1.807, 2.05) is 7.05 Å². The molecule has 1 N–H and O–H groups in total. The van der Waals surface area contributed by atoms with Gasteiger partial charge in [-0.3, -0.25) is 0 Å². The monoisotopic (exact) mass is 362 g/mol. The molecule has 0 atom stereocenters. The van der Waals surface area contributed by atoms with Crippen molar-refractivity contribution in [1.29, 1.82) is 0 Å². The van der Waals surface area contributed by atoms with Crippen LogP contribution in [0, 0.1) is 12.8 Å². The molecule has 0 saturated carbocycles. The van der Waals surface area contributed by atoms with Gasteiger partial charge in [-0.15, -0.1) is 12.4 Å². The molecule has 0 aromatic heterocycles. The molecule has 0 amide bonds.